The van der Waals surface area contributed by atoms with Crippen molar-refractivity contribution in [2.45, 2.75) is 31.3 Å². The predicted molar refractivity (Wildman–Crippen MR) is 85.9 cm³/mol. The second-order valence-corrected chi connectivity index (χ2v) is 6.21. The fraction of sp³-hybridized carbons (Fsp3) is 0.444. The maximum Gasteiger partial charge on any atom is 0.0328 e. The van der Waals surface area contributed by atoms with E-state index in [4.69, 9.17) is 0 Å². The number of hydrogen-bond donors (Lipinski definition) is 1. The van der Waals surface area contributed by atoms with Gasteiger partial charge in [0.05, 0.1) is 0 Å². The Morgan fingerprint density at radius 1 is 1.05 bits per heavy atom. The minimum atomic E-state index is 0.393. The highest BCUT2D eigenvalue weighted by Gasteiger charge is 2.38. The molecule has 3 rings (SSSR count). The Bertz CT molecular complexity index is 579. The molecule has 0 spiro atoms. The predicted octanol–water partition coefficient (Wildman–Crippen LogP) is 3.41. The van der Waals surface area contributed by atoms with E-state index < -0.39 is 0 Å². The molecule has 0 atom stereocenters. The molecule has 106 valence electrons. The van der Waals surface area contributed by atoms with Gasteiger partial charge in [-0.1, -0.05) is 42.5 Å². The molecule has 2 aromatic carbocycles. The van der Waals surface area contributed by atoms with Crippen LogP contribution in [0.1, 0.15) is 24.8 Å². The number of benzene rings is 2. The highest BCUT2D eigenvalue weighted by atomic mass is 15.2. The van der Waals surface area contributed by atoms with Gasteiger partial charge in [0, 0.05) is 18.6 Å². The molecule has 0 bridgehead atoms. The van der Waals surface area contributed by atoms with Crippen molar-refractivity contribution in [1.82, 2.24) is 10.2 Å². The first kappa shape index (κ1) is 13.6. The SMILES string of the molecule is CN(C)C1(CNCc2cccc3ccccc23)CCC1. The van der Waals surface area contributed by atoms with Crippen molar-refractivity contribution in [2.75, 3.05) is 20.6 Å². The molecule has 0 heterocycles. The smallest absolute Gasteiger partial charge is 0.0328 e. The zero-order chi connectivity index (χ0) is 14.0. The molecule has 20 heavy (non-hydrogen) atoms. The van der Waals surface area contributed by atoms with Crippen molar-refractivity contribution in [3.05, 3.63) is 48.0 Å². The Hall–Kier alpha value is -1.38. The van der Waals surface area contributed by atoms with Crippen LogP contribution in [0.4, 0.5) is 0 Å². The van der Waals surface area contributed by atoms with Crippen LogP contribution in [-0.2, 0) is 6.54 Å². The Morgan fingerprint density at radius 2 is 1.80 bits per heavy atom. The summed E-state index contributed by atoms with van der Waals surface area (Å²) in [7, 11) is 4.41. The van der Waals surface area contributed by atoms with Crippen molar-refractivity contribution in [3.8, 4) is 0 Å². The van der Waals surface area contributed by atoms with Crippen LogP contribution in [0.5, 0.6) is 0 Å². The molecule has 1 saturated carbocycles. The van der Waals surface area contributed by atoms with Gasteiger partial charge >= 0.3 is 0 Å². The largest absolute Gasteiger partial charge is 0.311 e. The molecule has 2 nitrogen and oxygen atoms in total. The lowest BCUT2D eigenvalue weighted by Crippen LogP contribution is -2.56. The van der Waals surface area contributed by atoms with Gasteiger partial charge in [0.1, 0.15) is 0 Å². The van der Waals surface area contributed by atoms with Crippen molar-refractivity contribution in [3.63, 3.8) is 0 Å². The third-order valence-electron chi connectivity index (χ3n) is 4.88. The number of likely N-dealkylation sites (N-methyl/N-ethyl adjacent to an activating group) is 1. The molecule has 0 radical (unpaired) electrons. The Kier molecular flexibility index (Phi) is 3.77. The lowest BCUT2D eigenvalue weighted by molar-refractivity contribution is 0.0598. The fourth-order valence-electron chi connectivity index (χ4n) is 3.24. The molecule has 2 heteroatoms. The van der Waals surface area contributed by atoms with Gasteiger partial charge in [0.15, 0.2) is 0 Å². The normalized spacial score (nSPS) is 17.4. The molecule has 0 aromatic heterocycles. The molecule has 1 N–H and O–H groups in total. The van der Waals surface area contributed by atoms with E-state index in [1.54, 1.807) is 0 Å². The summed E-state index contributed by atoms with van der Waals surface area (Å²) in [6.07, 6.45) is 4.01. The zero-order valence-electron chi connectivity index (χ0n) is 12.5. The Morgan fingerprint density at radius 3 is 2.50 bits per heavy atom. The number of rotatable bonds is 5. The molecule has 1 aliphatic carbocycles. The van der Waals surface area contributed by atoms with E-state index in [0.717, 1.165) is 13.1 Å². The summed E-state index contributed by atoms with van der Waals surface area (Å²) in [5.74, 6) is 0. The van der Waals surface area contributed by atoms with E-state index in [1.807, 2.05) is 0 Å². The zero-order valence-corrected chi connectivity index (χ0v) is 12.5. The van der Waals surface area contributed by atoms with Gasteiger partial charge in [-0.2, -0.15) is 0 Å². The van der Waals surface area contributed by atoms with E-state index >= 15 is 0 Å². The van der Waals surface area contributed by atoms with Gasteiger partial charge in [-0.3, -0.25) is 0 Å². The summed E-state index contributed by atoms with van der Waals surface area (Å²) in [6, 6.07) is 15.2. The van der Waals surface area contributed by atoms with E-state index in [2.05, 4.69) is 66.8 Å². The summed E-state index contributed by atoms with van der Waals surface area (Å²) in [6.45, 7) is 2.04. The first-order valence-electron chi connectivity index (χ1n) is 7.56. The van der Waals surface area contributed by atoms with E-state index in [-0.39, 0.29) is 0 Å². The molecule has 0 amide bonds. The van der Waals surface area contributed by atoms with E-state index in [9.17, 15) is 0 Å². The van der Waals surface area contributed by atoms with Crippen molar-refractivity contribution in [1.29, 1.82) is 0 Å². The Balaban J connectivity index is 1.68. The molecule has 1 fully saturated rings. The van der Waals surface area contributed by atoms with Crippen molar-refractivity contribution in [2.24, 2.45) is 0 Å². The second-order valence-electron chi connectivity index (χ2n) is 6.21. The average Bonchev–Trinajstić information content (AvgIpc) is 2.41. The lowest BCUT2D eigenvalue weighted by atomic mass is 9.75. The minimum Gasteiger partial charge on any atom is -0.311 e. The average molecular weight is 268 g/mol. The van der Waals surface area contributed by atoms with Gasteiger partial charge in [-0.05, 0) is 49.7 Å². The molecule has 0 unspecified atom stereocenters. The second kappa shape index (κ2) is 5.55. The quantitative estimate of drug-likeness (QED) is 0.894. The summed E-state index contributed by atoms with van der Waals surface area (Å²) in [4.78, 5) is 2.40. The molecule has 0 aliphatic heterocycles. The topological polar surface area (TPSA) is 15.3 Å². The lowest BCUT2D eigenvalue weighted by Gasteiger charge is -2.47. The highest BCUT2D eigenvalue weighted by molar-refractivity contribution is 5.85. The standard InChI is InChI=1S/C18H24N2/c1-20(2)18(11-6-12-18)14-19-13-16-9-5-8-15-7-3-4-10-17(15)16/h3-5,7-10,19H,6,11-14H2,1-2H3. The van der Waals surface area contributed by atoms with Gasteiger partial charge in [0.2, 0.25) is 0 Å². The molecule has 0 saturated heterocycles. The van der Waals surface area contributed by atoms with Crippen LogP contribution < -0.4 is 5.32 Å². The van der Waals surface area contributed by atoms with Gasteiger partial charge in [-0.25, -0.2) is 0 Å². The maximum absolute atomic E-state index is 3.68. The van der Waals surface area contributed by atoms with Gasteiger partial charge in [-0.15, -0.1) is 0 Å². The summed E-state index contributed by atoms with van der Waals surface area (Å²) >= 11 is 0. The van der Waals surface area contributed by atoms with Crippen LogP contribution in [0.25, 0.3) is 10.8 Å². The first-order chi connectivity index (χ1) is 9.71. The Labute approximate surface area is 121 Å². The molecule has 2 aromatic rings. The number of fused-ring (bicyclic) bond motifs is 1. The van der Waals surface area contributed by atoms with Crippen LogP contribution in [0.15, 0.2) is 42.5 Å². The monoisotopic (exact) mass is 268 g/mol. The van der Waals surface area contributed by atoms with Gasteiger partial charge in [0.25, 0.3) is 0 Å². The van der Waals surface area contributed by atoms with Gasteiger partial charge < -0.3 is 10.2 Å². The summed E-state index contributed by atoms with van der Waals surface area (Å²) in [5, 5.41) is 6.38. The van der Waals surface area contributed by atoms with Crippen LogP contribution in [0, 0.1) is 0 Å². The minimum absolute atomic E-state index is 0.393. The maximum atomic E-state index is 3.68. The van der Waals surface area contributed by atoms with Crippen molar-refractivity contribution >= 4 is 10.8 Å². The molecule has 1 aliphatic rings. The van der Waals surface area contributed by atoms with Crippen LogP contribution in [-0.4, -0.2) is 31.1 Å². The molecular formula is C18H24N2. The summed E-state index contributed by atoms with van der Waals surface area (Å²) in [5.41, 5.74) is 1.79. The number of nitrogens with zero attached hydrogens (tertiary/aromatic N) is 1. The fourth-order valence-corrected chi connectivity index (χ4v) is 3.24. The third kappa shape index (κ3) is 2.46. The number of hydrogen-bond acceptors (Lipinski definition) is 2. The number of nitrogens with one attached hydrogen (secondary N) is 1. The molecular weight excluding hydrogens is 244 g/mol. The summed E-state index contributed by atoms with van der Waals surface area (Å²) < 4.78 is 0. The first-order valence-corrected chi connectivity index (χ1v) is 7.56. The van der Waals surface area contributed by atoms with E-state index in [0.29, 0.717) is 5.54 Å². The van der Waals surface area contributed by atoms with Crippen LogP contribution >= 0.6 is 0 Å². The highest BCUT2D eigenvalue weighted by Crippen LogP contribution is 2.35. The van der Waals surface area contributed by atoms with Crippen molar-refractivity contribution < 1.29 is 0 Å². The van der Waals surface area contributed by atoms with E-state index in [1.165, 1.54) is 35.6 Å². The third-order valence-corrected chi connectivity index (χ3v) is 4.88. The van der Waals surface area contributed by atoms with Crippen LogP contribution in [0.3, 0.4) is 0 Å². The van der Waals surface area contributed by atoms with Crippen LogP contribution in [0.2, 0.25) is 0 Å².